The molecule has 3 aliphatic rings. The number of nitrogens with zero attached hydrogens (tertiary/aromatic N) is 5. The Balaban J connectivity index is 1.28. The number of halogens is 2. The number of thiophene rings is 1. The summed E-state index contributed by atoms with van der Waals surface area (Å²) in [6.45, 7) is 9.17. The summed E-state index contributed by atoms with van der Waals surface area (Å²) in [7, 11) is 0. The van der Waals surface area contributed by atoms with Crippen molar-refractivity contribution < 1.29 is 23.1 Å². The zero-order valence-corrected chi connectivity index (χ0v) is 25.0. The molecule has 0 saturated carbocycles. The van der Waals surface area contributed by atoms with Crippen molar-refractivity contribution in [2.45, 2.75) is 52.2 Å². The first-order valence-electron chi connectivity index (χ1n) is 14.6. The van der Waals surface area contributed by atoms with Crippen LogP contribution in [0.15, 0.2) is 42.0 Å². The number of benzene rings is 1. The molecule has 3 aromatic rings. The van der Waals surface area contributed by atoms with E-state index in [1.54, 1.807) is 11.0 Å². The van der Waals surface area contributed by atoms with Gasteiger partial charge in [0.2, 0.25) is 5.95 Å². The fourth-order valence-corrected chi connectivity index (χ4v) is 7.06. The van der Waals surface area contributed by atoms with Crippen LogP contribution in [0.2, 0.25) is 0 Å². The predicted molar refractivity (Wildman–Crippen MR) is 159 cm³/mol. The number of nitriles is 1. The molecule has 2 amide bonds. The van der Waals surface area contributed by atoms with Gasteiger partial charge in [0.1, 0.15) is 11.6 Å². The first-order valence-corrected chi connectivity index (χ1v) is 15.4. The number of allylic oxidation sites excluding steroid dienone is 1. The van der Waals surface area contributed by atoms with E-state index in [-0.39, 0.29) is 39.1 Å². The van der Waals surface area contributed by atoms with Gasteiger partial charge in [-0.2, -0.15) is 5.26 Å². The van der Waals surface area contributed by atoms with Crippen molar-refractivity contribution in [3.05, 3.63) is 57.3 Å². The Bertz CT molecular complexity index is 1610. The molecule has 1 atom stereocenters. The standard InChI is InChI=1S/C31H34F2N6O3S/c1-19(2)10-21(12-34)29(41)38-9-3-4-22(38)14-39-24-6-5-20(13-37-15-31(16-37)17-42-18-31)11-23(24)35-30(39)36-28(40)26-8-7-25(43-26)27(32)33/h5-8,10-11,19,22,27H,3-4,9,13-18H2,1-2H3,(H,35,36,40). The Morgan fingerprint density at radius 2 is 2.05 bits per heavy atom. The number of hydrogen-bond donors (Lipinski definition) is 1. The third kappa shape index (κ3) is 5.94. The van der Waals surface area contributed by atoms with Gasteiger partial charge >= 0.3 is 0 Å². The lowest BCUT2D eigenvalue weighted by atomic mass is 9.78. The molecule has 43 heavy (non-hydrogen) atoms. The Labute approximate surface area is 252 Å². The van der Waals surface area contributed by atoms with Gasteiger partial charge in [-0.1, -0.05) is 26.0 Å². The minimum atomic E-state index is -2.65. The predicted octanol–water partition coefficient (Wildman–Crippen LogP) is 5.22. The van der Waals surface area contributed by atoms with Gasteiger partial charge in [0, 0.05) is 38.1 Å². The fourth-order valence-electron chi connectivity index (χ4n) is 6.30. The normalized spacial score (nSPS) is 20.1. The van der Waals surface area contributed by atoms with Gasteiger partial charge in [-0.15, -0.1) is 11.3 Å². The molecule has 0 aliphatic carbocycles. The first-order chi connectivity index (χ1) is 20.6. The molecular weight excluding hydrogens is 574 g/mol. The number of anilines is 1. The number of ether oxygens (including phenoxy) is 1. The molecule has 1 unspecified atom stereocenters. The average molecular weight is 609 g/mol. The van der Waals surface area contributed by atoms with Crippen molar-refractivity contribution in [3.8, 4) is 6.07 Å². The zero-order valence-electron chi connectivity index (χ0n) is 24.2. The van der Waals surface area contributed by atoms with Crippen molar-refractivity contribution in [1.82, 2.24) is 19.4 Å². The number of alkyl halides is 2. The van der Waals surface area contributed by atoms with Gasteiger partial charge in [0.15, 0.2) is 0 Å². The number of fused-ring (bicyclic) bond motifs is 1. The molecule has 1 spiro atoms. The number of carbonyl (C=O) groups excluding carboxylic acids is 2. The number of amides is 2. The first kappa shape index (κ1) is 29.4. The molecule has 1 aromatic carbocycles. The Hall–Kier alpha value is -3.66. The van der Waals surface area contributed by atoms with Crippen LogP contribution in [0.25, 0.3) is 11.0 Å². The molecule has 9 nitrogen and oxygen atoms in total. The second-order valence-corrected chi connectivity index (χ2v) is 13.3. The van der Waals surface area contributed by atoms with E-state index in [4.69, 9.17) is 9.72 Å². The number of rotatable bonds is 9. The van der Waals surface area contributed by atoms with Crippen molar-refractivity contribution in [2.24, 2.45) is 11.3 Å². The molecule has 2 aromatic heterocycles. The van der Waals surface area contributed by atoms with E-state index in [0.29, 0.717) is 24.0 Å². The topological polar surface area (TPSA) is 103 Å². The third-order valence-corrected chi connectivity index (χ3v) is 9.42. The number of imidazole rings is 1. The van der Waals surface area contributed by atoms with Crippen LogP contribution in [0.1, 0.15) is 53.2 Å². The summed E-state index contributed by atoms with van der Waals surface area (Å²) < 4.78 is 33.6. The SMILES string of the molecule is CC(C)C=C(C#N)C(=O)N1CCCC1Cn1c(NC(=O)c2ccc(C(F)F)s2)nc2cc(CN3CC4(COC4)C3)ccc21. The molecule has 12 heteroatoms. The Morgan fingerprint density at radius 1 is 1.26 bits per heavy atom. The van der Waals surface area contributed by atoms with Gasteiger partial charge in [0.05, 0.1) is 40.0 Å². The second-order valence-electron chi connectivity index (χ2n) is 12.2. The summed E-state index contributed by atoms with van der Waals surface area (Å²) in [6, 6.07) is 10.5. The summed E-state index contributed by atoms with van der Waals surface area (Å²) in [5, 5.41) is 12.5. The third-order valence-electron chi connectivity index (χ3n) is 8.33. The number of aromatic nitrogens is 2. The smallest absolute Gasteiger partial charge is 0.272 e. The van der Waals surface area contributed by atoms with Crippen molar-refractivity contribution in [1.29, 1.82) is 5.26 Å². The molecule has 3 aliphatic heterocycles. The summed E-state index contributed by atoms with van der Waals surface area (Å²) in [5.41, 5.74) is 3.03. The lowest BCUT2D eigenvalue weighted by Crippen LogP contribution is -2.65. The molecular formula is C31H34F2N6O3S. The van der Waals surface area contributed by atoms with Gasteiger partial charge < -0.3 is 14.2 Å². The lowest BCUT2D eigenvalue weighted by Gasteiger charge is -2.55. The van der Waals surface area contributed by atoms with Gasteiger partial charge in [-0.3, -0.25) is 19.8 Å². The maximum absolute atomic E-state index is 13.3. The highest BCUT2D eigenvalue weighted by molar-refractivity contribution is 7.14. The highest BCUT2D eigenvalue weighted by atomic mass is 32.1. The monoisotopic (exact) mass is 608 g/mol. The fraction of sp³-hybridized carbons (Fsp3) is 0.484. The van der Waals surface area contributed by atoms with E-state index < -0.39 is 12.3 Å². The lowest BCUT2D eigenvalue weighted by molar-refractivity contribution is -0.191. The average Bonchev–Trinajstić information content (AvgIpc) is 3.67. The van der Waals surface area contributed by atoms with E-state index in [1.807, 2.05) is 30.5 Å². The molecule has 0 radical (unpaired) electrons. The minimum absolute atomic E-state index is 0.0555. The maximum Gasteiger partial charge on any atom is 0.272 e. The number of nitrogens with one attached hydrogen (secondary N) is 1. The molecule has 3 saturated heterocycles. The zero-order chi connectivity index (χ0) is 30.3. The number of carbonyl (C=O) groups is 2. The van der Waals surface area contributed by atoms with Gasteiger partial charge in [-0.25, -0.2) is 13.8 Å². The minimum Gasteiger partial charge on any atom is -0.380 e. The molecule has 1 N–H and O–H groups in total. The van der Waals surface area contributed by atoms with Crippen LogP contribution >= 0.6 is 11.3 Å². The van der Waals surface area contributed by atoms with Crippen LogP contribution in [0.4, 0.5) is 14.7 Å². The van der Waals surface area contributed by atoms with Crippen LogP contribution in [0.3, 0.4) is 0 Å². The summed E-state index contributed by atoms with van der Waals surface area (Å²) in [5.74, 6) is -0.470. The largest absolute Gasteiger partial charge is 0.380 e. The van der Waals surface area contributed by atoms with Crippen LogP contribution < -0.4 is 5.32 Å². The van der Waals surface area contributed by atoms with Gasteiger partial charge in [0.25, 0.3) is 18.2 Å². The summed E-state index contributed by atoms with van der Waals surface area (Å²) >= 11 is 0.750. The Kier molecular flexibility index (Phi) is 8.06. The van der Waals surface area contributed by atoms with Crippen molar-refractivity contribution in [3.63, 3.8) is 0 Å². The molecule has 0 bridgehead atoms. The number of hydrogen-bond acceptors (Lipinski definition) is 7. The van der Waals surface area contributed by atoms with E-state index in [1.165, 1.54) is 12.1 Å². The van der Waals surface area contributed by atoms with E-state index in [2.05, 4.69) is 22.4 Å². The van der Waals surface area contributed by atoms with Crippen molar-refractivity contribution in [2.75, 3.05) is 38.2 Å². The number of likely N-dealkylation sites (tertiary alicyclic amines) is 2. The quantitative estimate of drug-likeness (QED) is 0.264. The van der Waals surface area contributed by atoms with Gasteiger partial charge in [-0.05, 0) is 48.6 Å². The summed E-state index contributed by atoms with van der Waals surface area (Å²) in [6.07, 6.45) is 0.565. The van der Waals surface area contributed by atoms with Crippen LogP contribution in [-0.4, -0.2) is 70.1 Å². The molecule has 5 heterocycles. The highest BCUT2D eigenvalue weighted by Crippen LogP contribution is 2.38. The van der Waals surface area contributed by atoms with E-state index in [0.717, 1.165) is 68.1 Å². The molecule has 3 fully saturated rings. The summed E-state index contributed by atoms with van der Waals surface area (Å²) in [4.78, 5) is 35.4. The van der Waals surface area contributed by atoms with E-state index >= 15 is 0 Å². The van der Waals surface area contributed by atoms with Crippen molar-refractivity contribution >= 4 is 40.1 Å². The van der Waals surface area contributed by atoms with Crippen LogP contribution in [0, 0.1) is 22.7 Å². The Morgan fingerprint density at radius 3 is 2.70 bits per heavy atom. The van der Waals surface area contributed by atoms with Crippen LogP contribution in [0.5, 0.6) is 0 Å². The second kappa shape index (κ2) is 11.8. The molecule has 226 valence electrons. The highest BCUT2D eigenvalue weighted by Gasteiger charge is 2.48. The van der Waals surface area contributed by atoms with Crippen LogP contribution in [-0.2, 0) is 22.6 Å². The maximum atomic E-state index is 13.3. The molecule has 6 rings (SSSR count). The van der Waals surface area contributed by atoms with E-state index in [9.17, 15) is 23.6 Å².